The molecule has 84 valence electrons. The lowest BCUT2D eigenvalue weighted by Crippen LogP contribution is -2.38. The summed E-state index contributed by atoms with van der Waals surface area (Å²) in [7, 11) is 0. The van der Waals surface area contributed by atoms with Crippen LogP contribution >= 0.6 is 0 Å². The van der Waals surface area contributed by atoms with E-state index in [9.17, 15) is 4.39 Å². The Kier molecular flexibility index (Phi) is 6.07. The third-order valence-electron chi connectivity index (χ3n) is 2.60. The van der Waals surface area contributed by atoms with E-state index in [1.807, 2.05) is 0 Å². The summed E-state index contributed by atoms with van der Waals surface area (Å²) in [5, 5.41) is 8.67. The highest BCUT2D eigenvalue weighted by Gasteiger charge is 2.18. The van der Waals surface area contributed by atoms with Crippen LogP contribution in [0, 0.1) is 0 Å². The van der Waals surface area contributed by atoms with Crippen molar-refractivity contribution in [2.45, 2.75) is 25.4 Å². The average molecular weight is 205 g/mol. The van der Waals surface area contributed by atoms with Crippen LogP contribution in [0.3, 0.4) is 0 Å². The van der Waals surface area contributed by atoms with Gasteiger partial charge in [0.1, 0.15) is 6.67 Å². The molecule has 0 atom stereocenters. The van der Waals surface area contributed by atoms with Gasteiger partial charge in [0, 0.05) is 26.2 Å². The largest absolute Gasteiger partial charge is 0.396 e. The van der Waals surface area contributed by atoms with E-state index in [1.165, 1.54) is 0 Å². The van der Waals surface area contributed by atoms with Crippen LogP contribution < -0.4 is 0 Å². The van der Waals surface area contributed by atoms with E-state index in [0.29, 0.717) is 0 Å². The second kappa shape index (κ2) is 7.15. The molecule has 1 fully saturated rings. The molecule has 3 nitrogen and oxygen atoms in total. The van der Waals surface area contributed by atoms with E-state index in [0.717, 1.165) is 38.9 Å². The molecule has 0 spiro atoms. The minimum atomic E-state index is -0.384. The van der Waals surface area contributed by atoms with Gasteiger partial charge in [0.25, 0.3) is 0 Å². The third kappa shape index (κ3) is 4.35. The molecule has 0 unspecified atom stereocenters. The Morgan fingerprint density at radius 3 is 2.64 bits per heavy atom. The van der Waals surface area contributed by atoms with Crippen molar-refractivity contribution in [1.82, 2.24) is 4.90 Å². The summed E-state index contributed by atoms with van der Waals surface area (Å²) in [5.74, 6) is 0. The fraction of sp³-hybridized carbons (Fsp3) is 1.00. The summed E-state index contributed by atoms with van der Waals surface area (Å²) in [6.07, 6.45) is 3.07. The minimum Gasteiger partial charge on any atom is -0.396 e. The van der Waals surface area contributed by atoms with Crippen molar-refractivity contribution in [3.63, 3.8) is 0 Å². The Morgan fingerprint density at radius 1 is 1.36 bits per heavy atom. The molecular weight excluding hydrogens is 185 g/mol. The minimum absolute atomic E-state index is 0.237. The van der Waals surface area contributed by atoms with E-state index >= 15 is 0 Å². The highest BCUT2D eigenvalue weighted by atomic mass is 19.1. The zero-order chi connectivity index (χ0) is 10.2. The van der Waals surface area contributed by atoms with Crippen LogP contribution in [0.4, 0.5) is 4.39 Å². The lowest BCUT2D eigenvalue weighted by Gasteiger charge is -2.31. The maximum atomic E-state index is 11.8. The Hall–Kier alpha value is -0.190. The summed E-state index contributed by atoms with van der Waals surface area (Å²) >= 11 is 0. The predicted octanol–water partition coefficient (Wildman–Crippen LogP) is 0.819. The van der Waals surface area contributed by atoms with Crippen molar-refractivity contribution in [2.75, 3.05) is 39.5 Å². The smallest absolute Gasteiger partial charge is 0.113 e. The maximum absolute atomic E-state index is 11.8. The fourth-order valence-electron chi connectivity index (χ4n) is 1.81. The van der Waals surface area contributed by atoms with Crippen LogP contribution in [-0.2, 0) is 4.74 Å². The van der Waals surface area contributed by atoms with Crippen LogP contribution in [0.5, 0.6) is 0 Å². The lowest BCUT2D eigenvalue weighted by atomic mass is 10.1. The van der Waals surface area contributed by atoms with E-state index in [1.54, 1.807) is 0 Å². The third-order valence-corrected chi connectivity index (χ3v) is 2.60. The molecule has 0 amide bonds. The summed E-state index contributed by atoms with van der Waals surface area (Å²) in [4.78, 5) is 2.32. The number of alkyl halides is 1. The Bertz CT molecular complexity index is 122. The van der Waals surface area contributed by atoms with Gasteiger partial charge in [0.15, 0.2) is 0 Å². The number of nitrogens with zero attached hydrogens (tertiary/aromatic N) is 1. The summed E-state index contributed by atoms with van der Waals surface area (Å²) in [6, 6.07) is 0. The molecule has 0 bridgehead atoms. The van der Waals surface area contributed by atoms with Gasteiger partial charge in [0.05, 0.1) is 12.7 Å². The average Bonchev–Trinajstić information content (AvgIpc) is 2.25. The Morgan fingerprint density at radius 2 is 2.07 bits per heavy atom. The number of likely N-dealkylation sites (tertiary alicyclic amines) is 1. The van der Waals surface area contributed by atoms with Gasteiger partial charge in [-0.2, -0.15) is 0 Å². The number of hydrogen-bond acceptors (Lipinski definition) is 3. The van der Waals surface area contributed by atoms with Gasteiger partial charge in [-0.25, -0.2) is 4.39 Å². The molecule has 0 saturated carbocycles. The van der Waals surface area contributed by atoms with Crippen LogP contribution in [0.15, 0.2) is 0 Å². The Labute approximate surface area is 84.9 Å². The van der Waals surface area contributed by atoms with Gasteiger partial charge < -0.3 is 14.7 Å². The van der Waals surface area contributed by atoms with Crippen molar-refractivity contribution in [1.29, 1.82) is 0 Å². The second-order valence-electron chi connectivity index (χ2n) is 3.68. The molecule has 1 rings (SSSR count). The summed E-state index contributed by atoms with van der Waals surface area (Å²) in [6.45, 7) is 3.10. The van der Waals surface area contributed by atoms with Gasteiger partial charge >= 0.3 is 0 Å². The number of aliphatic hydroxyl groups excluding tert-OH is 1. The summed E-state index contributed by atoms with van der Waals surface area (Å²) in [5.41, 5.74) is 0. The SMILES string of the molecule is OCCCN1CCC(OCCF)CC1. The fourth-order valence-corrected chi connectivity index (χ4v) is 1.81. The van der Waals surface area contributed by atoms with E-state index in [4.69, 9.17) is 9.84 Å². The van der Waals surface area contributed by atoms with Crippen LogP contribution in [0.25, 0.3) is 0 Å². The number of aliphatic hydroxyl groups is 1. The van der Waals surface area contributed by atoms with Crippen molar-refractivity contribution in [2.24, 2.45) is 0 Å². The molecule has 1 aliphatic rings. The van der Waals surface area contributed by atoms with Gasteiger partial charge in [-0.15, -0.1) is 0 Å². The van der Waals surface area contributed by atoms with Crippen molar-refractivity contribution >= 4 is 0 Å². The number of hydrogen-bond donors (Lipinski definition) is 1. The molecule has 0 radical (unpaired) electrons. The molecule has 1 heterocycles. The van der Waals surface area contributed by atoms with Gasteiger partial charge in [0.2, 0.25) is 0 Å². The predicted molar refractivity (Wildman–Crippen MR) is 53.1 cm³/mol. The molecule has 1 N–H and O–H groups in total. The number of rotatable bonds is 6. The van der Waals surface area contributed by atoms with Crippen LogP contribution in [0.1, 0.15) is 19.3 Å². The van der Waals surface area contributed by atoms with E-state index < -0.39 is 0 Å². The van der Waals surface area contributed by atoms with Gasteiger partial charge in [-0.1, -0.05) is 0 Å². The monoisotopic (exact) mass is 205 g/mol. The first-order valence-electron chi connectivity index (χ1n) is 5.37. The maximum Gasteiger partial charge on any atom is 0.113 e. The van der Waals surface area contributed by atoms with Gasteiger partial charge in [-0.05, 0) is 19.3 Å². The topological polar surface area (TPSA) is 32.7 Å². The van der Waals surface area contributed by atoms with Crippen LogP contribution in [0.2, 0.25) is 0 Å². The standard InChI is InChI=1S/C10H20FNO2/c11-4-9-14-10-2-6-12(7-3-10)5-1-8-13/h10,13H,1-9H2. The molecule has 1 aliphatic heterocycles. The zero-order valence-electron chi connectivity index (χ0n) is 8.62. The number of halogens is 1. The van der Waals surface area contributed by atoms with Crippen molar-refractivity contribution < 1.29 is 14.2 Å². The normalized spacial score (nSPS) is 20.1. The molecule has 1 saturated heterocycles. The molecule has 4 heteroatoms. The number of ether oxygens (including phenoxy) is 1. The second-order valence-corrected chi connectivity index (χ2v) is 3.68. The molecular formula is C10H20FNO2. The first-order chi connectivity index (χ1) is 6.86. The molecule has 0 aromatic rings. The number of piperidine rings is 1. The highest BCUT2D eigenvalue weighted by molar-refractivity contribution is 4.72. The van der Waals surface area contributed by atoms with Crippen molar-refractivity contribution in [3.8, 4) is 0 Å². The van der Waals surface area contributed by atoms with Crippen LogP contribution in [-0.4, -0.2) is 55.6 Å². The molecule has 0 aromatic heterocycles. The van der Waals surface area contributed by atoms with E-state index in [-0.39, 0.29) is 26.0 Å². The molecule has 0 aromatic carbocycles. The zero-order valence-corrected chi connectivity index (χ0v) is 8.62. The van der Waals surface area contributed by atoms with Gasteiger partial charge in [-0.3, -0.25) is 0 Å². The highest BCUT2D eigenvalue weighted by Crippen LogP contribution is 2.13. The van der Waals surface area contributed by atoms with E-state index in [2.05, 4.69) is 4.90 Å². The Balaban J connectivity index is 2.05. The van der Waals surface area contributed by atoms with Crippen molar-refractivity contribution in [3.05, 3.63) is 0 Å². The summed E-state index contributed by atoms with van der Waals surface area (Å²) < 4.78 is 17.2. The first kappa shape index (κ1) is 11.9. The lowest BCUT2D eigenvalue weighted by molar-refractivity contribution is 0.00136. The first-order valence-corrected chi connectivity index (χ1v) is 5.37. The quantitative estimate of drug-likeness (QED) is 0.697. The molecule has 0 aliphatic carbocycles. The molecule has 14 heavy (non-hydrogen) atoms.